The van der Waals surface area contributed by atoms with Crippen LogP contribution in [0.3, 0.4) is 0 Å². The van der Waals surface area contributed by atoms with Crippen LogP contribution in [0.1, 0.15) is 29.6 Å². The fraction of sp³-hybridized carbons (Fsp3) is 0.400. The fourth-order valence-corrected chi connectivity index (χ4v) is 2.60. The van der Waals surface area contributed by atoms with E-state index in [0.717, 1.165) is 30.4 Å². The highest BCUT2D eigenvalue weighted by Crippen LogP contribution is 2.21. The summed E-state index contributed by atoms with van der Waals surface area (Å²) >= 11 is 0. The number of H-pyrrole nitrogens is 1. The van der Waals surface area contributed by atoms with E-state index in [1.165, 1.54) is 6.42 Å². The molecule has 1 aromatic carbocycles. The van der Waals surface area contributed by atoms with Gasteiger partial charge in [-0.25, -0.2) is 0 Å². The highest BCUT2D eigenvalue weighted by Gasteiger charge is 2.17. The van der Waals surface area contributed by atoms with Gasteiger partial charge in [0.2, 0.25) is 0 Å². The maximum atomic E-state index is 12.2. The largest absolute Gasteiger partial charge is 0.399 e. The molecule has 5 nitrogen and oxygen atoms in total. The lowest BCUT2D eigenvalue weighted by atomic mass is 10.1. The van der Waals surface area contributed by atoms with Crippen molar-refractivity contribution in [1.29, 1.82) is 0 Å². The highest BCUT2D eigenvalue weighted by molar-refractivity contribution is 6.07. The number of carbonyl (C=O) groups excluding carboxylic acids is 1. The molecule has 1 aliphatic heterocycles. The third-order valence-corrected chi connectivity index (χ3v) is 3.71. The van der Waals surface area contributed by atoms with E-state index in [9.17, 15) is 4.79 Å². The molecule has 5 heteroatoms. The normalized spacial score (nSPS) is 19.1. The van der Waals surface area contributed by atoms with Crippen LogP contribution in [0.4, 0.5) is 5.69 Å². The summed E-state index contributed by atoms with van der Waals surface area (Å²) in [6.07, 6.45) is 5.17. The van der Waals surface area contributed by atoms with Gasteiger partial charge in [0.25, 0.3) is 5.91 Å². The molecule has 1 atom stereocenters. The quantitative estimate of drug-likeness (QED) is 0.749. The van der Waals surface area contributed by atoms with Crippen LogP contribution in [0.25, 0.3) is 10.9 Å². The third-order valence-electron chi connectivity index (χ3n) is 3.71. The summed E-state index contributed by atoms with van der Waals surface area (Å²) in [7, 11) is 0. The van der Waals surface area contributed by atoms with Crippen molar-refractivity contribution in [1.82, 2.24) is 10.3 Å². The van der Waals surface area contributed by atoms with Crippen LogP contribution in [-0.4, -0.2) is 30.1 Å². The third kappa shape index (κ3) is 2.63. The van der Waals surface area contributed by atoms with Gasteiger partial charge in [0, 0.05) is 35.9 Å². The number of hydrogen-bond donors (Lipinski definition) is 3. The number of ether oxygens (including phenoxy) is 1. The molecule has 20 heavy (non-hydrogen) atoms. The molecule has 1 saturated heterocycles. The number of nitrogens with two attached hydrogens (primary N) is 1. The zero-order valence-electron chi connectivity index (χ0n) is 11.3. The molecule has 1 aliphatic rings. The van der Waals surface area contributed by atoms with E-state index in [2.05, 4.69) is 10.3 Å². The van der Waals surface area contributed by atoms with Crippen LogP contribution in [0.15, 0.2) is 24.4 Å². The first kappa shape index (κ1) is 13.0. The van der Waals surface area contributed by atoms with Gasteiger partial charge in [-0.05, 0) is 37.5 Å². The first-order valence-electron chi connectivity index (χ1n) is 7.00. The maximum absolute atomic E-state index is 12.2. The first-order chi connectivity index (χ1) is 9.74. The van der Waals surface area contributed by atoms with E-state index in [1.54, 1.807) is 6.20 Å². The van der Waals surface area contributed by atoms with E-state index >= 15 is 0 Å². The van der Waals surface area contributed by atoms with E-state index < -0.39 is 0 Å². The summed E-state index contributed by atoms with van der Waals surface area (Å²) in [5, 5.41) is 3.80. The molecule has 2 aromatic rings. The molecule has 0 aliphatic carbocycles. The number of fused-ring (bicyclic) bond motifs is 1. The lowest BCUT2D eigenvalue weighted by Gasteiger charge is -2.22. The molecule has 1 unspecified atom stereocenters. The lowest BCUT2D eigenvalue weighted by Crippen LogP contribution is -2.35. The number of nitrogen functional groups attached to an aromatic ring is 1. The fourth-order valence-electron chi connectivity index (χ4n) is 2.60. The summed E-state index contributed by atoms with van der Waals surface area (Å²) in [4.78, 5) is 15.3. The van der Waals surface area contributed by atoms with E-state index in [0.29, 0.717) is 17.8 Å². The van der Waals surface area contributed by atoms with Gasteiger partial charge in [-0.3, -0.25) is 4.79 Å². The average Bonchev–Trinajstić information content (AvgIpc) is 2.89. The Labute approximate surface area is 117 Å². The van der Waals surface area contributed by atoms with Gasteiger partial charge in [0.15, 0.2) is 0 Å². The summed E-state index contributed by atoms with van der Waals surface area (Å²) in [6, 6.07) is 5.51. The average molecular weight is 273 g/mol. The zero-order valence-corrected chi connectivity index (χ0v) is 11.3. The number of rotatable bonds is 3. The molecule has 0 bridgehead atoms. The van der Waals surface area contributed by atoms with Gasteiger partial charge < -0.3 is 20.8 Å². The van der Waals surface area contributed by atoms with Crippen molar-refractivity contribution in [2.45, 2.75) is 25.4 Å². The minimum atomic E-state index is -0.0870. The monoisotopic (exact) mass is 273 g/mol. The van der Waals surface area contributed by atoms with Crippen LogP contribution < -0.4 is 11.1 Å². The number of carbonyl (C=O) groups is 1. The summed E-state index contributed by atoms with van der Waals surface area (Å²) in [6.45, 7) is 1.36. The Morgan fingerprint density at radius 3 is 3.15 bits per heavy atom. The first-order valence-corrected chi connectivity index (χ1v) is 7.00. The van der Waals surface area contributed by atoms with Crippen molar-refractivity contribution < 1.29 is 9.53 Å². The van der Waals surface area contributed by atoms with Gasteiger partial charge in [0.1, 0.15) is 0 Å². The number of anilines is 1. The van der Waals surface area contributed by atoms with Crippen molar-refractivity contribution in [2.24, 2.45) is 0 Å². The molecule has 0 radical (unpaired) electrons. The highest BCUT2D eigenvalue weighted by atomic mass is 16.5. The molecule has 4 N–H and O–H groups in total. The summed E-state index contributed by atoms with van der Waals surface area (Å²) in [5.74, 6) is -0.0870. The minimum absolute atomic E-state index is 0.0870. The molecule has 106 valence electrons. The Morgan fingerprint density at radius 1 is 1.45 bits per heavy atom. The predicted octanol–water partition coefficient (Wildman–Crippen LogP) is 2.05. The Balaban J connectivity index is 1.70. The number of benzene rings is 1. The van der Waals surface area contributed by atoms with Gasteiger partial charge in [-0.2, -0.15) is 0 Å². The maximum Gasteiger partial charge on any atom is 0.253 e. The number of hydrogen-bond acceptors (Lipinski definition) is 3. The van der Waals surface area contributed by atoms with Crippen molar-refractivity contribution in [3.05, 3.63) is 30.0 Å². The smallest absolute Gasteiger partial charge is 0.253 e. The van der Waals surface area contributed by atoms with Gasteiger partial charge in [-0.1, -0.05) is 0 Å². The number of aromatic amines is 1. The van der Waals surface area contributed by atoms with Crippen molar-refractivity contribution in [3.63, 3.8) is 0 Å². The van der Waals surface area contributed by atoms with E-state index in [1.807, 2.05) is 18.2 Å². The number of aromatic nitrogens is 1. The number of nitrogens with one attached hydrogen (secondary N) is 2. The van der Waals surface area contributed by atoms with Gasteiger partial charge in [0.05, 0.1) is 11.7 Å². The SMILES string of the molecule is Nc1ccc2[nH]cc(C(=O)NCC3CCCCO3)c2c1. The van der Waals surface area contributed by atoms with Gasteiger partial charge >= 0.3 is 0 Å². The molecule has 2 heterocycles. The number of amides is 1. The minimum Gasteiger partial charge on any atom is -0.399 e. The van der Waals surface area contributed by atoms with Crippen LogP contribution in [-0.2, 0) is 4.74 Å². The molecule has 1 amide bonds. The van der Waals surface area contributed by atoms with Gasteiger partial charge in [-0.15, -0.1) is 0 Å². The standard InChI is InChI=1S/C15H19N3O2/c16-10-4-5-14-12(7-10)13(9-17-14)15(19)18-8-11-3-1-2-6-20-11/h4-5,7,9,11,17H,1-3,6,8,16H2,(H,18,19). The van der Waals surface area contributed by atoms with Crippen molar-refractivity contribution in [2.75, 3.05) is 18.9 Å². The van der Waals surface area contributed by atoms with Crippen LogP contribution in [0, 0.1) is 0 Å². The van der Waals surface area contributed by atoms with Crippen LogP contribution >= 0.6 is 0 Å². The lowest BCUT2D eigenvalue weighted by molar-refractivity contribution is 0.0169. The Bertz CT molecular complexity index is 615. The Morgan fingerprint density at radius 2 is 2.35 bits per heavy atom. The molecular weight excluding hydrogens is 254 g/mol. The zero-order chi connectivity index (χ0) is 13.9. The second-order valence-corrected chi connectivity index (χ2v) is 5.21. The molecular formula is C15H19N3O2. The molecule has 1 fully saturated rings. The summed E-state index contributed by atoms with van der Waals surface area (Å²) in [5.41, 5.74) is 7.97. The topological polar surface area (TPSA) is 80.1 Å². The molecule has 0 saturated carbocycles. The van der Waals surface area contributed by atoms with Crippen LogP contribution in [0.5, 0.6) is 0 Å². The molecule has 3 rings (SSSR count). The Hall–Kier alpha value is -2.01. The molecule has 0 spiro atoms. The predicted molar refractivity (Wildman–Crippen MR) is 78.6 cm³/mol. The molecule has 1 aromatic heterocycles. The van der Waals surface area contributed by atoms with E-state index in [4.69, 9.17) is 10.5 Å². The second-order valence-electron chi connectivity index (χ2n) is 5.21. The summed E-state index contributed by atoms with van der Waals surface area (Å²) < 4.78 is 5.61. The van der Waals surface area contributed by atoms with Crippen molar-refractivity contribution in [3.8, 4) is 0 Å². The van der Waals surface area contributed by atoms with Crippen molar-refractivity contribution >= 4 is 22.5 Å². The van der Waals surface area contributed by atoms with E-state index in [-0.39, 0.29) is 12.0 Å². The van der Waals surface area contributed by atoms with Crippen LogP contribution in [0.2, 0.25) is 0 Å². The second kappa shape index (κ2) is 5.54. The Kier molecular flexibility index (Phi) is 3.60.